The fraction of sp³-hybridized carbons (Fsp3) is 0.0833. The zero-order valence-corrected chi connectivity index (χ0v) is 11.6. The van der Waals surface area contributed by atoms with Crippen LogP contribution in [0.25, 0.3) is 0 Å². The molecule has 1 heterocycles. The minimum absolute atomic E-state index is 0.725. The molecule has 0 unspecified atom stereocenters. The molecule has 1 nitrogen and oxygen atoms in total. The van der Waals surface area contributed by atoms with E-state index in [-0.39, 0.29) is 0 Å². The topological polar surface area (TPSA) is 17.1 Å². The first-order chi connectivity index (χ1) is 7.78. The minimum atomic E-state index is 0.725. The smallest absolute Gasteiger partial charge is 0.150 e. The Kier molecular flexibility index (Phi) is 4.21. The van der Waals surface area contributed by atoms with Crippen molar-refractivity contribution in [1.29, 1.82) is 0 Å². The zero-order valence-electron chi connectivity index (χ0n) is 8.35. The molecule has 0 fully saturated rings. The lowest BCUT2D eigenvalue weighted by molar-refractivity contribution is 0.112. The summed E-state index contributed by atoms with van der Waals surface area (Å²) >= 11 is 6.98. The van der Waals surface area contributed by atoms with E-state index in [1.807, 2.05) is 24.3 Å². The lowest BCUT2D eigenvalue weighted by Gasteiger charge is -1.99. The van der Waals surface area contributed by atoms with Gasteiger partial charge in [0, 0.05) is 21.1 Å². The van der Waals surface area contributed by atoms with Gasteiger partial charge in [0.2, 0.25) is 0 Å². The van der Waals surface area contributed by atoms with Crippen molar-refractivity contribution in [3.63, 3.8) is 0 Å². The molecule has 0 radical (unpaired) electrons. The molecule has 0 aliphatic carbocycles. The van der Waals surface area contributed by atoms with E-state index in [0.717, 1.165) is 17.6 Å². The number of aldehydes is 1. The van der Waals surface area contributed by atoms with Gasteiger partial charge in [0.25, 0.3) is 0 Å². The number of carbonyl (C=O) groups is 1. The zero-order chi connectivity index (χ0) is 11.4. The summed E-state index contributed by atoms with van der Waals surface area (Å²) in [5.41, 5.74) is 0.725. The maximum absolute atomic E-state index is 10.5. The molecule has 0 saturated carbocycles. The highest BCUT2D eigenvalue weighted by Gasteiger charge is 1.99. The number of hydrogen-bond acceptors (Lipinski definition) is 3. The largest absolute Gasteiger partial charge is 0.298 e. The van der Waals surface area contributed by atoms with Crippen LogP contribution >= 0.6 is 39.0 Å². The van der Waals surface area contributed by atoms with Gasteiger partial charge in [-0.25, -0.2) is 0 Å². The van der Waals surface area contributed by atoms with Crippen molar-refractivity contribution < 1.29 is 4.79 Å². The lowest BCUT2D eigenvalue weighted by Crippen LogP contribution is -1.79. The monoisotopic (exact) mass is 312 g/mol. The van der Waals surface area contributed by atoms with Gasteiger partial charge >= 0.3 is 0 Å². The summed E-state index contributed by atoms with van der Waals surface area (Å²) in [6, 6.07) is 11.9. The lowest BCUT2D eigenvalue weighted by atomic mass is 10.2. The molecule has 4 heteroatoms. The Hall–Kier alpha value is -0.580. The second-order valence-corrected chi connectivity index (χ2v) is 6.78. The van der Waals surface area contributed by atoms with Gasteiger partial charge in [-0.3, -0.25) is 4.79 Å². The Balaban J connectivity index is 1.96. The van der Waals surface area contributed by atoms with Gasteiger partial charge in [0.15, 0.2) is 0 Å². The second-order valence-electron chi connectivity index (χ2n) is 3.18. The SMILES string of the molecule is O=Cc1ccc(SCc2ccc(Br)s2)cc1. The highest BCUT2D eigenvalue weighted by Crippen LogP contribution is 2.29. The van der Waals surface area contributed by atoms with Gasteiger partial charge in [-0.1, -0.05) is 12.1 Å². The Labute approximate surface area is 111 Å². The van der Waals surface area contributed by atoms with E-state index < -0.39 is 0 Å². The highest BCUT2D eigenvalue weighted by atomic mass is 79.9. The molecule has 0 N–H and O–H groups in total. The third kappa shape index (κ3) is 3.20. The first-order valence-electron chi connectivity index (χ1n) is 4.70. The number of benzene rings is 1. The predicted octanol–water partition coefficient (Wildman–Crippen LogP) is 4.62. The molecule has 0 bridgehead atoms. The number of thioether (sulfide) groups is 1. The van der Waals surface area contributed by atoms with Crippen LogP contribution in [-0.4, -0.2) is 6.29 Å². The Bertz CT molecular complexity index is 476. The molecular formula is C12H9BrOS2. The third-order valence-electron chi connectivity index (χ3n) is 2.03. The minimum Gasteiger partial charge on any atom is -0.298 e. The molecule has 82 valence electrons. The number of rotatable bonds is 4. The molecule has 1 aromatic carbocycles. The third-order valence-corrected chi connectivity index (χ3v) is 4.89. The molecule has 0 aliphatic rings. The average Bonchev–Trinajstić information content (AvgIpc) is 2.73. The molecule has 2 aromatic rings. The van der Waals surface area contributed by atoms with E-state index in [1.165, 1.54) is 13.6 Å². The van der Waals surface area contributed by atoms with E-state index in [1.54, 1.807) is 23.1 Å². The second kappa shape index (κ2) is 5.66. The van der Waals surface area contributed by atoms with Crippen molar-refractivity contribution in [3.05, 3.63) is 50.6 Å². The first-order valence-corrected chi connectivity index (χ1v) is 7.30. The van der Waals surface area contributed by atoms with E-state index in [4.69, 9.17) is 0 Å². The van der Waals surface area contributed by atoms with E-state index in [0.29, 0.717) is 0 Å². The highest BCUT2D eigenvalue weighted by molar-refractivity contribution is 9.11. The van der Waals surface area contributed by atoms with Crippen LogP contribution in [0.5, 0.6) is 0 Å². The van der Waals surface area contributed by atoms with Gasteiger partial charge in [-0.2, -0.15) is 0 Å². The molecule has 0 atom stereocenters. The van der Waals surface area contributed by atoms with Crippen molar-refractivity contribution in [2.45, 2.75) is 10.6 Å². The molecule has 0 spiro atoms. The fourth-order valence-electron chi connectivity index (χ4n) is 1.23. The van der Waals surface area contributed by atoms with Crippen LogP contribution in [0.15, 0.2) is 45.1 Å². The summed E-state index contributed by atoms with van der Waals surface area (Å²) in [4.78, 5) is 13.0. The van der Waals surface area contributed by atoms with Gasteiger partial charge in [-0.15, -0.1) is 23.1 Å². The number of thiophene rings is 1. The van der Waals surface area contributed by atoms with Crippen LogP contribution in [0.4, 0.5) is 0 Å². The van der Waals surface area contributed by atoms with Crippen molar-refractivity contribution in [1.82, 2.24) is 0 Å². The molecule has 0 saturated heterocycles. The summed E-state index contributed by atoms with van der Waals surface area (Å²) in [6.07, 6.45) is 0.866. The number of carbonyl (C=O) groups excluding carboxylic acids is 1. The van der Waals surface area contributed by atoms with Gasteiger partial charge in [0.05, 0.1) is 3.79 Å². The van der Waals surface area contributed by atoms with Crippen molar-refractivity contribution in [2.24, 2.45) is 0 Å². The van der Waals surface area contributed by atoms with Crippen molar-refractivity contribution >= 4 is 45.3 Å². The van der Waals surface area contributed by atoms with Crippen LogP contribution < -0.4 is 0 Å². The van der Waals surface area contributed by atoms with Crippen LogP contribution in [0.3, 0.4) is 0 Å². The Morgan fingerprint density at radius 3 is 2.50 bits per heavy atom. The van der Waals surface area contributed by atoms with Crippen LogP contribution in [-0.2, 0) is 5.75 Å². The summed E-state index contributed by atoms with van der Waals surface area (Å²) < 4.78 is 1.17. The summed E-state index contributed by atoms with van der Waals surface area (Å²) in [6.45, 7) is 0. The van der Waals surface area contributed by atoms with Gasteiger partial charge in [-0.05, 0) is 40.2 Å². The quantitative estimate of drug-likeness (QED) is 0.605. The maximum Gasteiger partial charge on any atom is 0.150 e. The number of halogens is 1. The summed E-state index contributed by atoms with van der Waals surface area (Å²) in [5, 5.41) is 0. The van der Waals surface area contributed by atoms with Gasteiger partial charge < -0.3 is 0 Å². The Morgan fingerprint density at radius 1 is 1.19 bits per heavy atom. The molecule has 16 heavy (non-hydrogen) atoms. The number of hydrogen-bond donors (Lipinski definition) is 0. The molecular weight excluding hydrogens is 304 g/mol. The van der Waals surface area contributed by atoms with Crippen molar-refractivity contribution in [2.75, 3.05) is 0 Å². The maximum atomic E-state index is 10.5. The first kappa shape index (κ1) is 11.9. The van der Waals surface area contributed by atoms with E-state index in [2.05, 4.69) is 28.1 Å². The summed E-state index contributed by atoms with van der Waals surface area (Å²) in [5.74, 6) is 0.969. The van der Waals surface area contributed by atoms with Crippen LogP contribution in [0.1, 0.15) is 15.2 Å². The van der Waals surface area contributed by atoms with Crippen LogP contribution in [0.2, 0.25) is 0 Å². The van der Waals surface area contributed by atoms with Crippen LogP contribution in [0, 0.1) is 0 Å². The summed E-state index contributed by atoms with van der Waals surface area (Å²) in [7, 11) is 0. The normalized spacial score (nSPS) is 10.3. The standard InChI is InChI=1S/C12H9BrOS2/c13-12-6-5-11(16-12)8-15-10-3-1-9(7-14)2-4-10/h1-7H,8H2. The van der Waals surface area contributed by atoms with Crippen molar-refractivity contribution in [3.8, 4) is 0 Å². The predicted molar refractivity (Wildman–Crippen MR) is 73.4 cm³/mol. The van der Waals surface area contributed by atoms with Gasteiger partial charge in [0.1, 0.15) is 6.29 Å². The molecule has 1 aromatic heterocycles. The molecule has 0 amide bonds. The molecule has 0 aliphatic heterocycles. The molecule has 2 rings (SSSR count). The average molecular weight is 313 g/mol. The van der Waals surface area contributed by atoms with E-state index >= 15 is 0 Å². The fourth-order valence-corrected chi connectivity index (χ4v) is 3.65. The Morgan fingerprint density at radius 2 is 1.94 bits per heavy atom. The van der Waals surface area contributed by atoms with E-state index in [9.17, 15) is 4.79 Å².